The van der Waals surface area contributed by atoms with Crippen LogP contribution in [0.4, 0.5) is 0 Å². The van der Waals surface area contributed by atoms with Crippen molar-refractivity contribution in [1.82, 2.24) is 0 Å². The summed E-state index contributed by atoms with van der Waals surface area (Å²) in [5, 5.41) is 10.6. The van der Waals surface area contributed by atoms with Crippen molar-refractivity contribution in [1.29, 1.82) is 0 Å². The van der Waals surface area contributed by atoms with Crippen LogP contribution in [0.1, 0.15) is 375 Å². The summed E-state index contributed by atoms with van der Waals surface area (Å²) in [6.45, 7) is 7.17. The molecule has 91 heavy (non-hydrogen) atoms. The van der Waals surface area contributed by atoms with Crippen LogP contribution in [0, 0.1) is 5.92 Å². The van der Waals surface area contributed by atoms with E-state index in [1.165, 1.54) is 193 Å². The van der Waals surface area contributed by atoms with E-state index in [0.717, 1.165) is 96.3 Å². The molecule has 0 aromatic carbocycles. The number of ether oxygens (including phenoxy) is 4. The SMILES string of the molecule is CCCCCCCCCCCCCCCCCCCCC(=O)O[C@H](COC(=O)CCCCCCCCCCCCCCCC)COP(=O)(O)OC[C@@H](O)COP(=O)(O)OC[C@@H](COC(=O)CCCCCCCCC(C)C)OC(=O)CCCCCCCCCCCC. The first kappa shape index (κ1) is 89.1. The normalized spacial score (nSPS) is 14.0. The van der Waals surface area contributed by atoms with E-state index >= 15 is 0 Å². The molecule has 0 aliphatic carbocycles. The molecular formula is C72H140O17P2. The van der Waals surface area contributed by atoms with Crippen LogP contribution in [0.3, 0.4) is 0 Å². The Labute approximate surface area is 556 Å². The number of hydrogen-bond acceptors (Lipinski definition) is 15. The molecule has 0 aliphatic heterocycles. The van der Waals surface area contributed by atoms with Gasteiger partial charge in [0.1, 0.15) is 19.3 Å². The van der Waals surface area contributed by atoms with Gasteiger partial charge in [-0.05, 0) is 31.6 Å². The van der Waals surface area contributed by atoms with Crippen molar-refractivity contribution in [2.45, 2.75) is 393 Å². The largest absolute Gasteiger partial charge is 0.472 e. The maximum atomic E-state index is 13.0. The van der Waals surface area contributed by atoms with Crippen LogP contribution in [-0.4, -0.2) is 96.7 Å². The molecule has 19 heteroatoms. The van der Waals surface area contributed by atoms with Crippen molar-refractivity contribution in [3.8, 4) is 0 Å². The van der Waals surface area contributed by atoms with Crippen LogP contribution in [0.25, 0.3) is 0 Å². The molecule has 0 aliphatic rings. The van der Waals surface area contributed by atoms with E-state index < -0.39 is 97.5 Å². The van der Waals surface area contributed by atoms with Gasteiger partial charge >= 0.3 is 39.5 Å². The molecule has 0 rings (SSSR count). The predicted molar refractivity (Wildman–Crippen MR) is 368 cm³/mol. The van der Waals surface area contributed by atoms with E-state index in [-0.39, 0.29) is 25.7 Å². The van der Waals surface area contributed by atoms with Crippen LogP contribution >= 0.6 is 15.6 Å². The topological polar surface area (TPSA) is 237 Å². The van der Waals surface area contributed by atoms with Gasteiger partial charge in [0, 0.05) is 25.7 Å². The molecule has 540 valence electrons. The fourth-order valence-corrected chi connectivity index (χ4v) is 12.6. The number of hydrogen-bond donors (Lipinski definition) is 3. The van der Waals surface area contributed by atoms with Gasteiger partial charge in [-0.3, -0.25) is 37.3 Å². The highest BCUT2D eigenvalue weighted by molar-refractivity contribution is 7.47. The fraction of sp³-hybridized carbons (Fsp3) is 0.944. The van der Waals surface area contributed by atoms with Crippen molar-refractivity contribution in [3.63, 3.8) is 0 Å². The first-order valence-corrected chi connectivity index (χ1v) is 40.6. The second kappa shape index (κ2) is 65.4. The van der Waals surface area contributed by atoms with Gasteiger partial charge in [-0.25, -0.2) is 9.13 Å². The highest BCUT2D eigenvalue weighted by Crippen LogP contribution is 2.45. The van der Waals surface area contributed by atoms with Gasteiger partial charge in [0.25, 0.3) is 0 Å². The Kier molecular flexibility index (Phi) is 64.0. The molecule has 5 atom stereocenters. The smallest absolute Gasteiger partial charge is 0.462 e. The zero-order chi connectivity index (χ0) is 67.0. The lowest BCUT2D eigenvalue weighted by molar-refractivity contribution is -0.161. The monoisotopic (exact) mass is 1340 g/mol. The molecule has 0 amide bonds. The highest BCUT2D eigenvalue weighted by Gasteiger charge is 2.30. The highest BCUT2D eigenvalue weighted by atomic mass is 31.2. The number of carbonyl (C=O) groups excluding carboxylic acids is 4. The molecule has 0 saturated heterocycles. The summed E-state index contributed by atoms with van der Waals surface area (Å²) >= 11 is 0. The fourth-order valence-electron chi connectivity index (χ4n) is 11.0. The minimum absolute atomic E-state index is 0.106. The summed E-state index contributed by atoms with van der Waals surface area (Å²) < 4.78 is 68.3. The summed E-state index contributed by atoms with van der Waals surface area (Å²) in [6.07, 6.45) is 52.9. The Morgan fingerprint density at radius 2 is 0.505 bits per heavy atom. The van der Waals surface area contributed by atoms with Crippen LogP contribution in [0.5, 0.6) is 0 Å². The minimum Gasteiger partial charge on any atom is -0.462 e. The minimum atomic E-state index is -4.95. The quantitative estimate of drug-likeness (QED) is 0.0222. The van der Waals surface area contributed by atoms with Crippen molar-refractivity contribution in [2.24, 2.45) is 5.92 Å². The van der Waals surface area contributed by atoms with E-state index in [9.17, 15) is 43.2 Å². The third-order valence-electron chi connectivity index (χ3n) is 16.8. The standard InChI is InChI=1S/C72H140O17P2/c1-6-9-12-15-18-21-24-26-28-29-30-31-33-35-38-41-48-53-58-72(77)88-67(61-82-69(74)55-50-45-39-37-34-32-27-25-22-19-16-13-10-7-2)63-86-90(78,79)84-59-66(73)60-85-91(80,81)87-64-68(62-83-70(75)56-51-46-43-42-44-49-54-65(4)5)89-71(76)57-52-47-40-36-23-20-17-14-11-8-3/h65-68,73H,6-64H2,1-5H3,(H,78,79)(H,80,81)/t66-,67-,68-/m1/s1. The van der Waals surface area contributed by atoms with Gasteiger partial charge in [0.2, 0.25) is 0 Å². The average molecular weight is 1340 g/mol. The molecule has 2 unspecified atom stereocenters. The molecular weight excluding hydrogens is 1200 g/mol. The van der Waals surface area contributed by atoms with E-state index in [1.54, 1.807) is 0 Å². The number of carbonyl (C=O) groups is 4. The first-order chi connectivity index (χ1) is 44.0. The number of unbranched alkanes of at least 4 members (excludes halogenated alkanes) is 44. The van der Waals surface area contributed by atoms with Crippen molar-refractivity contribution >= 4 is 39.5 Å². The lowest BCUT2D eigenvalue weighted by Crippen LogP contribution is -2.30. The maximum absolute atomic E-state index is 13.0. The molecule has 0 aromatic heterocycles. The third-order valence-corrected chi connectivity index (χ3v) is 18.7. The Balaban J connectivity index is 5.21. The molecule has 0 fully saturated rings. The molecule has 0 aromatic rings. The number of aliphatic hydroxyl groups is 1. The Hall–Kier alpha value is -1.94. The van der Waals surface area contributed by atoms with Crippen LogP contribution in [-0.2, 0) is 65.4 Å². The van der Waals surface area contributed by atoms with E-state index in [0.29, 0.717) is 31.6 Å². The molecule has 0 heterocycles. The number of esters is 4. The summed E-state index contributed by atoms with van der Waals surface area (Å²) in [6, 6.07) is 0. The zero-order valence-corrected chi connectivity index (χ0v) is 60.8. The average Bonchev–Trinajstić information content (AvgIpc) is 3.73. The summed E-state index contributed by atoms with van der Waals surface area (Å²) in [4.78, 5) is 72.5. The third kappa shape index (κ3) is 66.5. The molecule has 3 N–H and O–H groups in total. The first-order valence-electron chi connectivity index (χ1n) is 37.6. The predicted octanol–water partition coefficient (Wildman–Crippen LogP) is 20.9. The van der Waals surface area contributed by atoms with E-state index in [4.69, 9.17) is 37.0 Å². The maximum Gasteiger partial charge on any atom is 0.472 e. The lowest BCUT2D eigenvalue weighted by atomic mass is 10.0. The number of aliphatic hydroxyl groups excluding tert-OH is 1. The number of rotatable bonds is 72. The Morgan fingerprint density at radius 1 is 0.297 bits per heavy atom. The van der Waals surface area contributed by atoms with Crippen molar-refractivity contribution < 1.29 is 80.2 Å². The lowest BCUT2D eigenvalue weighted by Gasteiger charge is -2.21. The van der Waals surface area contributed by atoms with Gasteiger partial charge < -0.3 is 33.8 Å². The summed E-state index contributed by atoms with van der Waals surface area (Å²) in [7, 11) is -9.90. The van der Waals surface area contributed by atoms with Gasteiger partial charge in [0.15, 0.2) is 12.2 Å². The second-order valence-electron chi connectivity index (χ2n) is 26.5. The van der Waals surface area contributed by atoms with Gasteiger partial charge in [-0.1, -0.05) is 324 Å². The van der Waals surface area contributed by atoms with Crippen LogP contribution in [0.15, 0.2) is 0 Å². The summed E-state index contributed by atoms with van der Waals surface area (Å²) in [5.41, 5.74) is 0. The zero-order valence-electron chi connectivity index (χ0n) is 59.0. The van der Waals surface area contributed by atoms with Crippen LogP contribution in [0.2, 0.25) is 0 Å². The van der Waals surface area contributed by atoms with Gasteiger partial charge in [-0.2, -0.15) is 0 Å². The van der Waals surface area contributed by atoms with Crippen molar-refractivity contribution in [3.05, 3.63) is 0 Å². The Bertz CT molecular complexity index is 1750. The van der Waals surface area contributed by atoms with Crippen LogP contribution < -0.4 is 0 Å². The van der Waals surface area contributed by atoms with Crippen molar-refractivity contribution in [2.75, 3.05) is 39.6 Å². The van der Waals surface area contributed by atoms with Gasteiger partial charge in [-0.15, -0.1) is 0 Å². The molecule has 0 bridgehead atoms. The van der Waals surface area contributed by atoms with Gasteiger partial charge in [0.05, 0.1) is 26.4 Å². The number of phosphoric ester groups is 2. The van der Waals surface area contributed by atoms with E-state index in [2.05, 4.69) is 34.6 Å². The number of phosphoric acid groups is 2. The Morgan fingerprint density at radius 3 is 0.747 bits per heavy atom. The van der Waals surface area contributed by atoms with E-state index in [1.807, 2.05) is 0 Å². The molecule has 17 nitrogen and oxygen atoms in total. The summed E-state index contributed by atoms with van der Waals surface area (Å²) in [5.74, 6) is -1.44. The molecule has 0 saturated carbocycles. The molecule has 0 radical (unpaired) electrons. The second-order valence-corrected chi connectivity index (χ2v) is 29.4. The molecule has 0 spiro atoms.